The molecule has 0 radical (unpaired) electrons. The van der Waals surface area contributed by atoms with Crippen LogP contribution in [0.25, 0.3) is 73.2 Å². The van der Waals surface area contributed by atoms with Crippen molar-refractivity contribution in [3.8, 4) is 40.4 Å². The Morgan fingerprint density at radius 3 is 1.21 bits per heavy atom. The third kappa shape index (κ3) is 15.4. The van der Waals surface area contributed by atoms with Crippen molar-refractivity contribution in [1.82, 2.24) is 9.13 Å². The van der Waals surface area contributed by atoms with Crippen LogP contribution >= 0.6 is 45.3 Å². The largest absolute Gasteiger partial charge is 0.382 e. The third-order valence-corrected chi connectivity index (χ3v) is 17.8. The van der Waals surface area contributed by atoms with Gasteiger partial charge in [-0.15, -0.1) is 45.3 Å². The van der Waals surface area contributed by atoms with Gasteiger partial charge in [0.1, 0.15) is 11.6 Å². The van der Waals surface area contributed by atoms with Crippen LogP contribution in [-0.4, -0.2) is 130 Å². The number of hydrogen-bond acceptors (Lipinski definition) is 13. The van der Waals surface area contributed by atoms with E-state index in [0.717, 1.165) is 70.1 Å². The van der Waals surface area contributed by atoms with Gasteiger partial charge in [0.05, 0.1) is 121 Å². The van der Waals surface area contributed by atoms with E-state index in [1.165, 1.54) is 46.7 Å². The monoisotopic (exact) mass is 1110 g/mol. The zero-order valence-electron chi connectivity index (χ0n) is 43.9. The first-order valence-corrected chi connectivity index (χ1v) is 29.5. The summed E-state index contributed by atoms with van der Waals surface area (Å²) >= 11 is 6.73. The first-order chi connectivity index (χ1) is 36.9. The van der Waals surface area contributed by atoms with E-state index in [1.807, 2.05) is 35.6 Å². The van der Waals surface area contributed by atoms with Crippen LogP contribution in [0.1, 0.15) is 48.8 Å². The lowest BCUT2D eigenvalue weighted by atomic mass is 10.1. The van der Waals surface area contributed by atoms with Crippen molar-refractivity contribution >= 4 is 78.2 Å². The van der Waals surface area contributed by atoms with Crippen LogP contribution in [0.3, 0.4) is 0 Å². The summed E-state index contributed by atoms with van der Waals surface area (Å²) in [5.74, 6) is -0.646. The molecule has 406 valence electrons. The molecule has 75 heavy (non-hydrogen) atoms. The number of aryl methyl sites for hydroxylation is 1. The highest BCUT2D eigenvalue weighted by atomic mass is 32.1. The van der Waals surface area contributed by atoms with Gasteiger partial charge in [-0.25, -0.2) is 8.78 Å². The Labute approximate surface area is 456 Å². The number of unbranched alkanes of at least 4 members (excludes halogenated alkanes) is 4. The minimum Gasteiger partial charge on any atom is -0.382 e. The SMILES string of the molecule is CCCCCCCc1ccc(-c2ccc(-c3cc4c(cc3F)c3c(c5cc(F)c(-c6ccc(-c7ccc(CCOCCOCCOC)s7)s6)cc5n3CCOCCOCCOC)n4CCOCCOCCOC)s2)s1. The van der Waals surface area contributed by atoms with Crippen molar-refractivity contribution in [2.75, 3.05) is 120 Å². The Bertz CT molecular complexity index is 2970. The van der Waals surface area contributed by atoms with E-state index in [-0.39, 0.29) is 11.6 Å². The lowest BCUT2D eigenvalue weighted by Gasteiger charge is -2.12. The van der Waals surface area contributed by atoms with Gasteiger partial charge in [0.2, 0.25) is 0 Å². The Morgan fingerprint density at radius 1 is 0.387 bits per heavy atom. The van der Waals surface area contributed by atoms with E-state index in [2.05, 4.69) is 52.5 Å². The van der Waals surface area contributed by atoms with E-state index in [4.69, 9.17) is 42.6 Å². The van der Waals surface area contributed by atoms with Crippen LogP contribution in [0, 0.1) is 11.6 Å². The number of methoxy groups -OCH3 is 3. The maximum absolute atomic E-state index is 17.0. The van der Waals surface area contributed by atoms with Crippen molar-refractivity contribution in [1.29, 1.82) is 0 Å². The van der Waals surface area contributed by atoms with Gasteiger partial charge in [-0.05, 0) is 85.6 Å². The molecule has 0 amide bonds. The molecular weight excluding hydrogens is 1030 g/mol. The zero-order valence-corrected chi connectivity index (χ0v) is 47.1. The minimum absolute atomic E-state index is 0.315. The Hall–Kier alpha value is -3.92. The summed E-state index contributed by atoms with van der Waals surface area (Å²) in [6, 6.07) is 24.2. The summed E-state index contributed by atoms with van der Waals surface area (Å²) in [5, 5.41) is 1.47. The van der Waals surface area contributed by atoms with E-state index in [0.29, 0.717) is 123 Å². The summed E-state index contributed by atoms with van der Waals surface area (Å²) in [7, 11) is 4.95. The second-order valence-electron chi connectivity index (χ2n) is 18.1. The summed E-state index contributed by atoms with van der Waals surface area (Å²) in [4.78, 5) is 8.78. The van der Waals surface area contributed by atoms with Crippen molar-refractivity contribution in [2.45, 2.75) is 65.0 Å². The van der Waals surface area contributed by atoms with Gasteiger partial charge in [-0.1, -0.05) is 32.6 Å². The Balaban J connectivity index is 1.12. The minimum atomic E-state index is -0.331. The third-order valence-electron chi connectivity index (χ3n) is 12.9. The van der Waals surface area contributed by atoms with Crippen molar-refractivity contribution in [3.05, 3.63) is 94.2 Å². The van der Waals surface area contributed by atoms with Crippen LogP contribution in [-0.2, 0) is 68.6 Å². The molecule has 6 aromatic heterocycles. The maximum Gasteiger partial charge on any atom is 0.132 e. The molecule has 8 aromatic rings. The molecular formula is C58H72F2N2O9S4. The molecule has 0 N–H and O–H groups in total. The number of ether oxygens (including phenoxy) is 9. The molecule has 0 bridgehead atoms. The fraction of sp³-hybridized carbons (Fsp3) is 0.483. The first kappa shape index (κ1) is 57.3. The molecule has 0 aliphatic rings. The summed E-state index contributed by atoms with van der Waals surface area (Å²) < 4.78 is 88.6. The molecule has 0 spiro atoms. The van der Waals surface area contributed by atoms with Crippen LogP contribution in [0.2, 0.25) is 0 Å². The van der Waals surface area contributed by atoms with Gasteiger partial charge in [0.25, 0.3) is 0 Å². The predicted molar refractivity (Wildman–Crippen MR) is 305 cm³/mol. The molecule has 0 atom stereocenters. The van der Waals surface area contributed by atoms with Gasteiger partial charge in [-0.2, -0.15) is 0 Å². The number of hydrogen-bond donors (Lipinski definition) is 0. The molecule has 0 aliphatic heterocycles. The zero-order chi connectivity index (χ0) is 52.2. The number of thiophene rings is 4. The normalized spacial score (nSPS) is 12.0. The summed E-state index contributed by atoms with van der Waals surface area (Å²) in [6.07, 6.45) is 8.14. The number of fused-ring (bicyclic) bond motifs is 5. The lowest BCUT2D eigenvalue weighted by molar-refractivity contribution is 0.0233. The number of aromatic nitrogens is 2. The number of nitrogens with zero attached hydrogens (tertiary/aromatic N) is 2. The predicted octanol–water partition coefficient (Wildman–Crippen LogP) is 14.0. The van der Waals surface area contributed by atoms with E-state index in [9.17, 15) is 0 Å². The van der Waals surface area contributed by atoms with E-state index in [1.54, 1.807) is 67.5 Å². The molecule has 17 heteroatoms. The standard InChI is InChI=1S/C58H72F2N2O9S4/c1-5-6-7-8-9-10-41-11-13-53(72-41)55-17-15-51(74-55)43-39-49-45(37-47(43)59)57-58(61(49)20-23-67-32-35-70-29-26-64-3)46-38-48(60)44(40-50(46)62(57)21-24-68-33-36-71-30-27-65-4)52-16-18-56(75-52)54-14-12-42(73-54)19-22-66-31-34-69-28-25-63-2/h11-18,37-40H,5-10,19-36H2,1-4H3. The average molecular weight is 1110 g/mol. The van der Waals surface area contributed by atoms with Crippen LogP contribution in [0.4, 0.5) is 8.78 Å². The van der Waals surface area contributed by atoms with Crippen molar-refractivity contribution in [2.24, 2.45) is 0 Å². The fourth-order valence-corrected chi connectivity index (χ4v) is 13.4. The highest BCUT2D eigenvalue weighted by Gasteiger charge is 2.25. The van der Waals surface area contributed by atoms with Gasteiger partial charge in [0.15, 0.2) is 0 Å². The van der Waals surface area contributed by atoms with Gasteiger partial charge >= 0.3 is 0 Å². The van der Waals surface area contributed by atoms with Crippen LogP contribution in [0.5, 0.6) is 0 Å². The van der Waals surface area contributed by atoms with E-state index >= 15 is 8.78 Å². The van der Waals surface area contributed by atoms with Crippen LogP contribution < -0.4 is 0 Å². The quantitative estimate of drug-likeness (QED) is 0.0353. The smallest absolute Gasteiger partial charge is 0.132 e. The van der Waals surface area contributed by atoms with Crippen LogP contribution in [0.15, 0.2) is 72.8 Å². The van der Waals surface area contributed by atoms with Gasteiger partial charge in [-0.3, -0.25) is 0 Å². The summed E-state index contributed by atoms with van der Waals surface area (Å²) in [6.45, 7) is 10.3. The van der Waals surface area contributed by atoms with Crippen molar-refractivity contribution in [3.63, 3.8) is 0 Å². The molecule has 0 unspecified atom stereocenters. The molecule has 6 heterocycles. The molecule has 11 nitrogen and oxygen atoms in total. The van der Waals surface area contributed by atoms with Gasteiger partial charge < -0.3 is 51.8 Å². The summed E-state index contributed by atoms with van der Waals surface area (Å²) in [5.41, 5.74) is 4.35. The molecule has 2 aromatic carbocycles. The molecule has 0 aliphatic carbocycles. The first-order valence-electron chi connectivity index (χ1n) is 26.2. The highest BCUT2D eigenvalue weighted by molar-refractivity contribution is 7.24. The average Bonchev–Trinajstić information content (AvgIpc) is 4.41. The molecule has 0 saturated carbocycles. The second kappa shape index (κ2) is 30.3. The number of benzene rings is 2. The number of halogens is 2. The highest BCUT2D eigenvalue weighted by Crippen LogP contribution is 2.45. The van der Waals surface area contributed by atoms with E-state index < -0.39 is 0 Å². The molecule has 0 fully saturated rings. The Morgan fingerprint density at radius 2 is 0.760 bits per heavy atom. The molecule has 0 saturated heterocycles. The van der Waals surface area contributed by atoms with Crippen molar-refractivity contribution < 1.29 is 51.4 Å². The fourth-order valence-electron chi connectivity index (χ4n) is 9.13. The molecule has 8 rings (SSSR count). The maximum atomic E-state index is 17.0. The second-order valence-corrected chi connectivity index (χ2v) is 22.6. The topological polar surface area (TPSA) is 92.9 Å². The van der Waals surface area contributed by atoms with Gasteiger partial charge in [0, 0.05) is 102 Å². The number of rotatable bonds is 37. The lowest BCUT2D eigenvalue weighted by Crippen LogP contribution is -2.11. The Kier molecular flexibility index (Phi) is 23.1.